The third-order valence-electron chi connectivity index (χ3n) is 5.14. The Morgan fingerprint density at radius 3 is 2.61 bits per heavy atom. The van der Waals surface area contributed by atoms with E-state index < -0.39 is 5.79 Å². The highest BCUT2D eigenvalue weighted by atomic mass is 16.7. The molecule has 5 nitrogen and oxygen atoms in total. The summed E-state index contributed by atoms with van der Waals surface area (Å²) in [7, 11) is 0. The van der Waals surface area contributed by atoms with Gasteiger partial charge in [0, 0.05) is 35.5 Å². The van der Waals surface area contributed by atoms with Crippen LogP contribution in [-0.4, -0.2) is 29.5 Å². The molecule has 4 rings (SSSR count). The summed E-state index contributed by atoms with van der Waals surface area (Å²) in [6.07, 6.45) is 3.23. The summed E-state index contributed by atoms with van der Waals surface area (Å²) in [5.74, 6) is -0.214. The molecule has 1 spiro atoms. The fraction of sp³-hybridized carbons (Fsp3) is 0.500. The molecule has 1 aromatic heterocycles. The Morgan fingerprint density at radius 1 is 1.22 bits per heavy atom. The smallest absolute Gasteiger partial charge is 0.234 e. The second-order valence-corrected chi connectivity index (χ2v) is 6.66. The largest absolute Gasteiger partial charge is 0.399 e. The molecule has 2 aromatic rings. The fourth-order valence-corrected chi connectivity index (χ4v) is 3.94. The van der Waals surface area contributed by atoms with E-state index >= 15 is 0 Å². The van der Waals surface area contributed by atoms with E-state index in [4.69, 9.17) is 15.2 Å². The lowest BCUT2D eigenvalue weighted by Crippen LogP contribution is -2.38. The highest BCUT2D eigenvalue weighted by molar-refractivity contribution is 5.95. The van der Waals surface area contributed by atoms with Gasteiger partial charge < -0.3 is 15.2 Å². The van der Waals surface area contributed by atoms with Crippen molar-refractivity contribution in [2.75, 3.05) is 18.9 Å². The number of benzene rings is 1. The molecule has 1 saturated carbocycles. The maximum Gasteiger partial charge on any atom is 0.234 e. The summed E-state index contributed by atoms with van der Waals surface area (Å²) in [4.78, 5) is 13.0. The number of hydrogen-bond acceptors (Lipinski definition) is 4. The standard InChI is InChI=1S/C18H22N2O3/c1-12-10-14-11-15(19)2-3-16(14)20(12)17(21)13-4-6-18(7-5-13)22-8-9-23-18/h2-3,10-11,13H,4-9,19H2,1H3. The zero-order chi connectivity index (χ0) is 16.0. The van der Waals surface area contributed by atoms with Crippen molar-refractivity contribution in [2.45, 2.75) is 38.4 Å². The van der Waals surface area contributed by atoms with Crippen LogP contribution in [0, 0.1) is 12.8 Å². The van der Waals surface area contributed by atoms with Crippen LogP contribution in [0.15, 0.2) is 24.3 Å². The van der Waals surface area contributed by atoms with Gasteiger partial charge in [-0.05, 0) is 44.0 Å². The third kappa shape index (κ3) is 2.44. The SMILES string of the molecule is Cc1cc2cc(N)ccc2n1C(=O)C1CCC2(CC1)OCCO2. The van der Waals surface area contributed by atoms with Crippen LogP contribution in [0.3, 0.4) is 0 Å². The Hall–Kier alpha value is -1.85. The van der Waals surface area contributed by atoms with Gasteiger partial charge in [0.15, 0.2) is 5.79 Å². The highest BCUT2D eigenvalue weighted by Crippen LogP contribution is 2.39. The van der Waals surface area contributed by atoms with Gasteiger partial charge in [0.1, 0.15) is 0 Å². The molecule has 1 aliphatic carbocycles. The minimum atomic E-state index is -0.418. The molecule has 2 N–H and O–H groups in total. The van der Waals surface area contributed by atoms with Gasteiger partial charge in [0.25, 0.3) is 0 Å². The number of anilines is 1. The number of fused-ring (bicyclic) bond motifs is 1. The molecule has 1 aliphatic heterocycles. The zero-order valence-electron chi connectivity index (χ0n) is 13.4. The molecule has 2 heterocycles. The Labute approximate surface area is 135 Å². The molecule has 5 heteroatoms. The molecular weight excluding hydrogens is 292 g/mol. The van der Waals surface area contributed by atoms with Gasteiger partial charge in [0.2, 0.25) is 5.91 Å². The molecule has 122 valence electrons. The first-order valence-corrected chi connectivity index (χ1v) is 8.28. The molecule has 1 saturated heterocycles. The van der Waals surface area contributed by atoms with Crippen molar-refractivity contribution in [3.63, 3.8) is 0 Å². The number of ether oxygens (including phenoxy) is 2. The summed E-state index contributed by atoms with van der Waals surface area (Å²) < 4.78 is 13.3. The number of aryl methyl sites for hydroxylation is 1. The Morgan fingerprint density at radius 2 is 1.91 bits per heavy atom. The van der Waals surface area contributed by atoms with Gasteiger partial charge in [-0.25, -0.2) is 0 Å². The first-order valence-electron chi connectivity index (χ1n) is 8.28. The second-order valence-electron chi connectivity index (χ2n) is 6.66. The van der Waals surface area contributed by atoms with Crippen LogP contribution in [0.4, 0.5) is 5.69 Å². The van der Waals surface area contributed by atoms with E-state index in [9.17, 15) is 4.79 Å². The average molecular weight is 314 g/mol. The van der Waals surface area contributed by atoms with Crippen LogP contribution in [-0.2, 0) is 9.47 Å². The molecule has 0 amide bonds. The van der Waals surface area contributed by atoms with Crippen molar-refractivity contribution in [1.29, 1.82) is 0 Å². The number of carbonyl (C=O) groups excluding carboxylic acids is 1. The van der Waals surface area contributed by atoms with Gasteiger partial charge in [-0.1, -0.05) is 0 Å². The monoisotopic (exact) mass is 314 g/mol. The van der Waals surface area contributed by atoms with Crippen LogP contribution < -0.4 is 5.73 Å². The van der Waals surface area contributed by atoms with E-state index in [1.807, 2.05) is 35.8 Å². The first-order chi connectivity index (χ1) is 11.1. The minimum Gasteiger partial charge on any atom is -0.399 e. The summed E-state index contributed by atoms with van der Waals surface area (Å²) in [6, 6.07) is 7.73. The van der Waals surface area contributed by atoms with Crippen LogP contribution >= 0.6 is 0 Å². The minimum absolute atomic E-state index is 0.0280. The fourth-order valence-electron chi connectivity index (χ4n) is 3.94. The van der Waals surface area contributed by atoms with Crippen molar-refractivity contribution in [3.8, 4) is 0 Å². The number of nitrogens with zero attached hydrogens (tertiary/aromatic N) is 1. The van der Waals surface area contributed by atoms with Crippen molar-refractivity contribution >= 4 is 22.5 Å². The Balaban J connectivity index is 1.59. The number of aromatic nitrogens is 1. The molecular formula is C18H22N2O3. The second kappa shape index (κ2) is 5.35. The molecule has 0 unspecified atom stereocenters. The lowest BCUT2D eigenvalue weighted by Gasteiger charge is -2.34. The molecule has 0 bridgehead atoms. The van der Waals surface area contributed by atoms with Crippen molar-refractivity contribution in [2.24, 2.45) is 5.92 Å². The summed E-state index contributed by atoms with van der Waals surface area (Å²) in [6.45, 7) is 3.31. The lowest BCUT2D eigenvalue weighted by atomic mass is 9.84. The molecule has 1 aromatic carbocycles. The predicted octanol–water partition coefficient (Wildman–Crippen LogP) is 3.11. The number of nitrogens with two attached hydrogens (primary N) is 1. The third-order valence-corrected chi connectivity index (χ3v) is 5.14. The van der Waals surface area contributed by atoms with Crippen molar-refractivity contribution < 1.29 is 14.3 Å². The van der Waals surface area contributed by atoms with Gasteiger partial charge in [-0.3, -0.25) is 9.36 Å². The van der Waals surface area contributed by atoms with Crippen LogP contribution in [0.25, 0.3) is 10.9 Å². The number of carbonyl (C=O) groups is 1. The van der Waals surface area contributed by atoms with E-state index in [-0.39, 0.29) is 11.8 Å². The van der Waals surface area contributed by atoms with Gasteiger partial charge in [0.05, 0.1) is 18.7 Å². The molecule has 2 fully saturated rings. The van der Waals surface area contributed by atoms with E-state index in [0.717, 1.165) is 48.0 Å². The van der Waals surface area contributed by atoms with E-state index in [2.05, 4.69) is 0 Å². The van der Waals surface area contributed by atoms with Crippen LogP contribution in [0.5, 0.6) is 0 Å². The predicted molar refractivity (Wildman–Crippen MR) is 88.3 cm³/mol. The molecule has 0 atom stereocenters. The van der Waals surface area contributed by atoms with Crippen LogP contribution in [0.2, 0.25) is 0 Å². The van der Waals surface area contributed by atoms with Gasteiger partial charge in [-0.15, -0.1) is 0 Å². The van der Waals surface area contributed by atoms with Gasteiger partial charge in [-0.2, -0.15) is 0 Å². The van der Waals surface area contributed by atoms with Crippen molar-refractivity contribution in [3.05, 3.63) is 30.0 Å². The first kappa shape index (κ1) is 14.7. The Bertz CT molecular complexity index is 749. The maximum absolute atomic E-state index is 13.0. The Kier molecular flexibility index (Phi) is 3.43. The van der Waals surface area contributed by atoms with E-state index in [1.165, 1.54) is 0 Å². The van der Waals surface area contributed by atoms with E-state index in [0.29, 0.717) is 13.2 Å². The topological polar surface area (TPSA) is 66.5 Å². The van der Waals surface area contributed by atoms with Crippen molar-refractivity contribution in [1.82, 2.24) is 4.57 Å². The summed E-state index contributed by atoms with van der Waals surface area (Å²) >= 11 is 0. The van der Waals surface area contributed by atoms with E-state index in [1.54, 1.807) is 0 Å². The zero-order valence-corrected chi connectivity index (χ0v) is 13.4. The maximum atomic E-state index is 13.0. The normalized spacial score (nSPS) is 21.3. The molecule has 0 radical (unpaired) electrons. The van der Waals surface area contributed by atoms with Crippen LogP contribution in [0.1, 0.15) is 36.2 Å². The number of rotatable bonds is 1. The van der Waals surface area contributed by atoms with Gasteiger partial charge >= 0.3 is 0 Å². The highest BCUT2D eigenvalue weighted by Gasteiger charge is 2.42. The summed E-state index contributed by atoms with van der Waals surface area (Å²) in [5.41, 5.74) is 8.47. The average Bonchev–Trinajstić information content (AvgIpc) is 3.11. The number of nitrogen functional groups attached to an aromatic ring is 1. The lowest BCUT2D eigenvalue weighted by molar-refractivity contribution is -0.180. The molecule has 23 heavy (non-hydrogen) atoms. The quantitative estimate of drug-likeness (QED) is 0.821. The summed E-state index contributed by atoms with van der Waals surface area (Å²) in [5, 5.41) is 1.02. The molecule has 2 aliphatic rings. The number of hydrogen-bond donors (Lipinski definition) is 1.